The number of carbonyl (C=O) groups is 2. The van der Waals surface area contributed by atoms with Crippen LogP contribution in [0.2, 0.25) is 0 Å². The monoisotopic (exact) mass is 455 g/mol. The maximum absolute atomic E-state index is 12.4. The van der Waals surface area contributed by atoms with Crippen molar-refractivity contribution in [1.29, 1.82) is 5.26 Å². The van der Waals surface area contributed by atoms with Gasteiger partial charge in [0.2, 0.25) is 0 Å². The SMILES string of the molecule is CCOc1cc(/C=C(\C#N)C(=O)NCc2cccs2)ccc1OCC(=O)N1CCOCC1. The van der Waals surface area contributed by atoms with Crippen molar-refractivity contribution in [2.24, 2.45) is 0 Å². The smallest absolute Gasteiger partial charge is 0.262 e. The third kappa shape index (κ3) is 6.57. The molecule has 3 rings (SSSR count). The van der Waals surface area contributed by atoms with Crippen molar-refractivity contribution in [2.45, 2.75) is 13.5 Å². The van der Waals surface area contributed by atoms with Crippen LogP contribution >= 0.6 is 11.3 Å². The molecule has 1 saturated heterocycles. The Kier molecular flexibility index (Phi) is 8.66. The molecule has 1 aliphatic heterocycles. The Bertz CT molecular complexity index is 992. The highest BCUT2D eigenvalue weighted by molar-refractivity contribution is 7.09. The third-order valence-corrected chi connectivity index (χ3v) is 5.54. The van der Waals surface area contributed by atoms with Gasteiger partial charge in [0.1, 0.15) is 11.6 Å². The van der Waals surface area contributed by atoms with Crippen molar-refractivity contribution >= 4 is 29.2 Å². The van der Waals surface area contributed by atoms with Gasteiger partial charge in [-0.2, -0.15) is 5.26 Å². The highest BCUT2D eigenvalue weighted by Crippen LogP contribution is 2.29. The number of hydrogen-bond acceptors (Lipinski definition) is 7. The fourth-order valence-corrected chi connectivity index (χ4v) is 3.68. The zero-order valence-corrected chi connectivity index (χ0v) is 18.7. The van der Waals surface area contributed by atoms with Gasteiger partial charge in [-0.15, -0.1) is 11.3 Å². The van der Waals surface area contributed by atoms with E-state index in [1.807, 2.05) is 30.5 Å². The number of amides is 2. The second-order valence-corrected chi connectivity index (χ2v) is 7.89. The first-order chi connectivity index (χ1) is 15.6. The Hall–Kier alpha value is -3.35. The lowest BCUT2D eigenvalue weighted by molar-refractivity contribution is -0.137. The van der Waals surface area contributed by atoms with E-state index in [1.165, 1.54) is 17.4 Å². The van der Waals surface area contributed by atoms with Gasteiger partial charge in [0, 0.05) is 18.0 Å². The summed E-state index contributed by atoms with van der Waals surface area (Å²) >= 11 is 1.53. The van der Waals surface area contributed by atoms with E-state index < -0.39 is 5.91 Å². The summed E-state index contributed by atoms with van der Waals surface area (Å²) in [5, 5.41) is 14.1. The quantitative estimate of drug-likeness (QED) is 0.461. The molecule has 2 aromatic rings. The van der Waals surface area contributed by atoms with Gasteiger partial charge >= 0.3 is 0 Å². The topological polar surface area (TPSA) is 101 Å². The summed E-state index contributed by atoms with van der Waals surface area (Å²) in [7, 11) is 0. The first-order valence-electron chi connectivity index (χ1n) is 10.3. The molecule has 32 heavy (non-hydrogen) atoms. The van der Waals surface area contributed by atoms with Crippen molar-refractivity contribution in [3.63, 3.8) is 0 Å². The molecule has 0 spiro atoms. The van der Waals surface area contributed by atoms with Crippen LogP contribution in [0, 0.1) is 11.3 Å². The number of nitriles is 1. The largest absolute Gasteiger partial charge is 0.490 e. The Balaban J connectivity index is 1.67. The molecule has 0 saturated carbocycles. The van der Waals surface area contributed by atoms with Crippen LogP contribution in [-0.2, 0) is 20.9 Å². The number of benzene rings is 1. The van der Waals surface area contributed by atoms with E-state index >= 15 is 0 Å². The molecule has 1 aromatic carbocycles. The summed E-state index contributed by atoms with van der Waals surface area (Å²) in [6, 6.07) is 10.8. The van der Waals surface area contributed by atoms with Crippen molar-refractivity contribution in [3.05, 3.63) is 51.7 Å². The number of hydrogen-bond donors (Lipinski definition) is 1. The fourth-order valence-electron chi connectivity index (χ4n) is 3.04. The Morgan fingerprint density at radius 3 is 2.75 bits per heavy atom. The van der Waals surface area contributed by atoms with Gasteiger partial charge in [0.15, 0.2) is 18.1 Å². The highest BCUT2D eigenvalue weighted by Gasteiger charge is 2.18. The van der Waals surface area contributed by atoms with Gasteiger partial charge in [-0.3, -0.25) is 9.59 Å². The third-order valence-electron chi connectivity index (χ3n) is 4.66. The van der Waals surface area contributed by atoms with E-state index in [0.717, 1.165) is 4.88 Å². The van der Waals surface area contributed by atoms with Crippen LogP contribution in [0.25, 0.3) is 6.08 Å². The maximum Gasteiger partial charge on any atom is 0.262 e. The van der Waals surface area contributed by atoms with E-state index in [0.29, 0.717) is 56.5 Å². The normalized spacial score (nSPS) is 13.9. The first-order valence-corrected chi connectivity index (χ1v) is 11.2. The standard InChI is InChI=1S/C23H25N3O5S/c1-2-30-21-13-17(12-18(14-24)23(28)25-15-19-4-3-11-32-19)5-6-20(21)31-16-22(27)26-7-9-29-10-8-26/h3-6,11-13H,2,7-10,15-16H2,1H3,(H,25,28)/b18-12+. The van der Waals surface area contributed by atoms with E-state index in [2.05, 4.69) is 5.32 Å². The summed E-state index contributed by atoms with van der Waals surface area (Å²) in [6.45, 7) is 4.65. The van der Waals surface area contributed by atoms with Crippen LogP contribution in [0.5, 0.6) is 11.5 Å². The van der Waals surface area contributed by atoms with Gasteiger partial charge in [-0.25, -0.2) is 0 Å². The molecule has 9 heteroatoms. The van der Waals surface area contributed by atoms with Crippen molar-refractivity contribution in [3.8, 4) is 17.6 Å². The first kappa shape index (κ1) is 23.3. The number of nitrogens with zero attached hydrogens (tertiary/aromatic N) is 2. The summed E-state index contributed by atoms with van der Waals surface area (Å²) in [5.74, 6) is 0.294. The molecular formula is C23H25N3O5S. The molecule has 0 bridgehead atoms. The lowest BCUT2D eigenvalue weighted by atomic mass is 10.1. The molecule has 0 radical (unpaired) electrons. The molecule has 1 N–H and O–H groups in total. The number of nitrogens with one attached hydrogen (secondary N) is 1. The van der Waals surface area contributed by atoms with Crippen LogP contribution in [0.1, 0.15) is 17.4 Å². The predicted octanol–water partition coefficient (Wildman–Crippen LogP) is 2.61. The zero-order valence-electron chi connectivity index (χ0n) is 17.8. The number of ether oxygens (including phenoxy) is 3. The molecule has 168 valence electrons. The lowest BCUT2D eigenvalue weighted by Gasteiger charge is -2.26. The van der Waals surface area contributed by atoms with E-state index in [4.69, 9.17) is 14.2 Å². The summed E-state index contributed by atoms with van der Waals surface area (Å²) in [6.07, 6.45) is 1.49. The molecule has 0 unspecified atom stereocenters. The van der Waals surface area contributed by atoms with E-state index in [-0.39, 0.29) is 18.1 Å². The molecular weight excluding hydrogens is 430 g/mol. The van der Waals surface area contributed by atoms with Crippen LogP contribution in [-0.4, -0.2) is 56.2 Å². The molecule has 1 aromatic heterocycles. The minimum absolute atomic E-state index is 0.0137. The van der Waals surface area contributed by atoms with Gasteiger partial charge < -0.3 is 24.4 Å². The van der Waals surface area contributed by atoms with Gasteiger partial charge in [-0.1, -0.05) is 12.1 Å². The highest BCUT2D eigenvalue weighted by atomic mass is 32.1. The van der Waals surface area contributed by atoms with Crippen LogP contribution in [0.4, 0.5) is 0 Å². The minimum atomic E-state index is -0.449. The van der Waals surface area contributed by atoms with E-state index in [9.17, 15) is 14.9 Å². The second-order valence-electron chi connectivity index (χ2n) is 6.85. The number of thiophene rings is 1. The molecule has 0 aliphatic carbocycles. The lowest BCUT2D eigenvalue weighted by Crippen LogP contribution is -2.43. The minimum Gasteiger partial charge on any atom is -0.490 e. The zero-order chi connectivity index (χ0) is 22.8. The molecule has 1 aliphatic rings. The Labute approximate surface area is 191 Å². The van der Waals surface area contributed by atoms with E-state index in [1.54, 1.807) is 23.1 Å². The number of morpholine rings is 1. The van der Waals surface area contributed by atoms with Gasteiger partial charge in [0.05, 0.1) is 26.4 Å². The van der Waals surface area contributed by atoms with Crippen molar-refractivity contribution in [1.82, 2.24) is 10.2 Å². The van der Waals surface area contributed by atoms with Crippen molar-refractivity contribution in [2.75, 3.05) is 39.5 Å². The summed E-state index contributed by atoms with van der Waals surface area (Å²) in [4.78, 5) is 27.4. The van der Waals surface area contributed by atoms with Crippen LogP contribution in [0.3, 0.4) is 0 Å². The Morgan fingerprint density at radius 2 is 2.06 bits per heavy atom. The van der Waals surface area contributed by atoms with Gasteiger partial charge in [-0.05, 0) is 42.1 Å². The molecule has 2 amide bonds. The van der Waals surface area contributed by atoms with Crippen LogP contribution in [0.15, 0.2) is 41.3 Å². The summed E-state index contributed by atoms with van der Waals surface area (Å²) < 4.78 is 16.6. The number of rotatable bonds is 9. The second kappa shape index (κ2) is 11.9. The molecule has 0 atom stereocenters. The Morgan fingerprint density at radius 1 is 1.25 bits per heavy atom. The average molecular weight is 456 g/mol. The number of carbonyl (C=O) groups excluding carboxylic acids is 2. The molecule has 2 heterocycles. The van der Waals surface area contributed by atoms with Crippen LogP contribution < -0.4 is 14.8 Å². The maximum atomic E-state index is 12.4. The molecule has 1 fully saturated rings. The predicted molar refractivity (Wildman–Crippen MR) is 120 cm³/mol. The summed E-state index contributed by atoms with van der Waals surface area (Å²) in [5.41, 5.74) is 0.600. The van der Waals surface area contributed by atoms with Gasteiger partial charge in [0.25, 0.3) is 11.8 Å². The fraction of sp³-hybridized carbons (Fsp3) is 0.348. The average Bonchev–Trinajstić information content (AvgIpc) is 3.35. The molecule has 8 nitrogen and oxygen atoms in total. The van der Waals surface area contributed by atoms with Crippen molar-refractivity contribution < 1.29 is 23.8 Å².